The predicted octanol–water partition coefficient (Wildman–Crippen LogP) is 4.23. The second kappa shape index (κ2) is 10.8. The molecule has 3 rings (SSSR count). The van der Waals surface area contributed by atoms with Crippen molar-refractivity contribution >= 4 is 44.2 Å². The molecule has 1 heterocycles. The number of carbonyl (C=O) groups is 2. The summed E-state index contributed by atoms with van der Waals surface area (Å²) in [6.45, 7) is 0.449. The van der Waals surface area contributed by atoms with Gasteiger partial charge in [-0.2, -0.15) is 0 Å². The molecule has 8 heteroatoms. The Morgan fingerprint density at radius 2 is 1.83 bits per heavy atom. The lowest BCUT2D eigenvalue weighted by molar-refractivity contribution is -0.116. The van der Waals surface area contributed by atoms with Gasteiger partial charge < -0.3 is 10.6 Å². The molecule has 2 amide bonds. The number of carbonyl (C=O) groups excluding carboxylic acids is 2. The minimum atomic E-state index is -0.136. The Morgan fingerprint density at radius 3 is 2.62 bits per heavy atom. The topological polar surface area (TPSA) is 84.0 Å². The Hall–Kier alpha value is -2.58. The summed E-state index contributed by atoms with van der Waals surface area (Å²) in [7, 11) is 0. The fourth-order valence-corrected chi connectivity index (χ4v) is 3.85. The molecule has 0 bridgehead atoms. The minimum Gasteiger partial charge on any atom is -0.352 e. The first-order valence-electron chi connectivity index (χ1n) is 9.30. The van der Waals surface area contributed by atoms with Crippen LogP contribution in [0.4, 0.5) is 5.13 Å². The number of amides is 2. The number of hydrogen-bond acceptors (Lipinski definition) is 5. The van der Waals surface area contributed by atoms with Crippen LogP contribution < -0.4 is 10.6 Å². The van der Waals surface area contributed by atoms with Crippen LogP contribution in [0.25, 0.3) is 0 Å². The smallest absolute Gasteiger partial charge is 0.251 e. The first-order valence-corrected chi connectivity index (χ1v) is 10.9. The third kappa shape index (κ3) is 7.07. The maximum absolute atomic E-state index is 12.1. The average molecular weight is 473 g/mol. The lowest BCUT2D eigenvalue weighted by atomic mass is 10.1. The molecule has 0 spiro atoms. The summed E-state index contributed by atoms with van der Waals surface area (Å²) in [5.74, 6) is -0.200. The van der Waals surface area contributed by atoms with E-state index in [1.165, 1.54) is 16.9 Å². The van der Waals surface area contributed by atoms with Crippen molar-refractivity contribution in [3.05, 3.63) is 75.2 Å². The average Bonchev–Trinajstić information content (AvgIpc) is 3.15. The molecule has 29 heavy (non-hydrogen) atoms. The van der Waals surface area contributed by atoms with Crippen LogP contribution in [0.1, 0.15) is 33.8 Å². The van der Waals surface area contributed by atoms with Gasteiger partial charge in [0.2, 0.25) is 11.0 Å². The normalized spacial score (nSPS) is 10.5. The summed E-state index contributed by atoms with van der Waals surface area (Å²) in [6, 6.07) is 17.3. The van der Waals surface area contributed by atoms with E-state index in [0.29, 0.717) is 30.1 Å². The molecule has 3 aromatic rings. The van der Waals surface area contributed by atoms with Gasteiger partial charge in [0.1, 0.15) is 5.01 Å². The summed E-state index contributed by atoms with van der Waals surface area (Å²) in [4.78, 5) is 24.2. The molecular formula is C21H21BrN4O2S. The molecule has 0 saturated heterocycles. The predicted molar refractivity (Wildman–Crippen MR) is 118 cm³/mol. The van der Waals surface area contributed by atoms with Crippen LogP contribution in [0.15, 0.2) is 59.1 Å². The molecule has 0 aliphatic carbocycles. The highest BCUT2D eigenvalue weighted by atomic mass is 79.9. The van der Waals surface area contributed by atoms with Gasteiger partial charge in [-0.05, 0) is 36.6 Å². The van der Waals surface area contributed by atoms with Crippen LogP contribution in [0.5, 0.6) is 0 Å². The standard InChI is InChI=1S/C21H21BrN4O2S/c22-17-10-5-9-16(14-17)20(28)23-13-12-19-25-26-21(29-19)24-18(27)11-4-8-15-6-2-1-3-7-15/h1-3,5-7,9-10,14H,4,8,11-13H2,(H,23,28)(H,24,26,27). The zero-order valence-electron chi connectivity index (χ0n) is 15.7. The Kier molecular flexibility index (Phi) is 7.89. The molecular weight excluding hydrogens is 452 g/mol. The molecule has 0 aliphatic rings. The molecule has 0 radical (unpaired) electrons. The van der Waals surface area contributed by atoms with Crippen molar-refractivity contribution in [2.24, 2.45) is 0 Å². The van der Waals surface area contributed by atoms with Gasteiger partial charge in [0.25, 0.3) is 5.91 Å². The fourth-order valence-electron chi connectivity index (χ4n) is 2.70. The van der Waals surface area contributed by atoms with Crippen LogP contribution in [0.2, 0.25) is 0 Å². The molecule has 150 valence electrons. The third-order valence-corrected chi connectivity index (χ3v) is 5.53. The fraction of sp³-hybridized carbons (Fsp3) is 0.238. The molecule has 0 aliphatic heterocycles. The zero-order chi connectivity index (χ0) is 20.5. The van der Waals surface area contributed by atoms with Crippen molar-refractivity contribution < 1.29 is 9.59 Å². The summed E-state index contributed by atoms with van der Waals surface area (Å²) >= 11 is 4.68. The van der Waals surface area contributed by atoms with Gasteiger partial charge in [-0.25, -0.2) is 0 Å². The quantitative estimate of drug-likeness (QED) is 0.487. The van der Waals surface area contributed by atoms with Crippen LogP contribution in [-0.4, -0.2) is 28.6 Å². The Labute approximate surface area is 181 Å². The first kappa shape index (κ1) is 21.1. The van der Waals surface area contributed by atoms with E-state index < -0.39 is 0 Å². The zero-order valence-corrected chi connectivity index (χ0v) is 18.1. The SMILES string of the molecule is O=C(CCCc1ccccc1)Nc1nnc(CCNC(=O)c2cccc(Br)c2)s1. The molecule has 0 saturated carbocycles. The van der Waals surface area contributed by atoms with Crippen LogP contribution in [0.3, 0.4) is 0 Å². The lowest BCUT2D eigenvalue weighted by Gasteiger charge is -2.04. The second-order valence-corrected chi connectivity index (χ2v) is 8.38. The molecule has 2 aromatic carbocycles. The highest BCUT2D eigenvalue weighted by molar-refractivity contribution is 9.10. The summed E-state index contributed by atoms with van der Waals surface area (Å²) in [6.07, 6.45) is 2.64. The largest absolute Gasteiger partial charge is 0.352 e. The van der Waals surface area contributed by atoms with Crippen molar-refractivity contribution in [2.45, 2.75) is 25.7 Å². The molecule has 0 atom stereocenters. The maximum atomic E-state index is 12.1. The number of benzene rings is 2. The van der Waals surface area contributed by atoms with Crippen molar-refractivity contribution in [2.75, 3.05) is 11.9 Å². The number of aromatic nitrogens is 2. The van der Waals surface area contributed by atoms with Gasteiger partial charge in [0.05, 0.1) is 0 Å². The van der Waals surface area contributed by atoms with Crippen molar-refractivity contribution in [1.82, 2.24) is 15.5 Å². The molecule has 1 aromatic heterocycles. The van der Waals surface area contributed by atoms with Gasteiger partial charge in [-0.1, -0.05) is 63.7 Å². The van der Waals surface area contributed by atoms with E-state index in [0.717, 1.165) is 22.3 Å². The number of nitrogens with zero attached hydrogens (tertiary/aromatic N) is 2. The molecule has 0 unspecified atom stereocenters. The van der Waals surface area contributed by atoms with Gasteiger partial charge in [0.15, 0.2) is 0 Å². The van der Waals surface area contributed by atoms with Crippen LogP contribution >= 0.6 is 27.3 Å². The third-order valence-electron chi connectivity index (χ3n) is 4.14. The van der Waals surface area contributed by atoms with Gasteiger partial charge in [-0.3, -0.25) is 9.59 Å². The van der Waals surface area contributed by atoms with Crippen molar-refractivity contribution in [3.63, 3.8) is 0 Å². The highest BCUT2D eigenvalue weighted by Crippen LogP contribution is 2.16. The van der Waals surface area contributed by atoms with E-state index in [-0.39, 0.29) is 11.8 Å². The Morgan fingerprint density at radius 1 is 1.00 bits per heavy atom. The number of nitrogens with one attached hydrogen (secondary N) is 2. The maximum Gasteiger partial charge on any atom is 0.251 e. The second-order valence-electron chi connectivity index (χ2n) is 6.40. The lowest BCUT2D eigenvalue weighted by Crippen LogP contribution is -2.25. The monoisotopic (exact) mass is 472 g/mol. The summed E-state index contributed by atoms with van der Waals surface area (Å²) in [5.41, 5.74) is 1.82. The first-order chi connectivity index (χ1) is 14.1. The van der Waals surface area contributed by atoms with Crippen LogP contribution in [-0.2, 0) is 17.6 Å². The number of halogens is 1. The van der Waals surface area contributed by atoms with E-state index in [1.807, 2.05) is 30.3 Å². The molecule has 2 N–H and O–H groups in total. The van der Waals surface area contributed by atoms with Crippen LogP contribution in [0, 0.1) is 0 Å². The number of aryl methyl sites for hydroxylation is 1. The number of rotatable bonds is 9. The summed E-state index contributed by atoms with van der Waals surface area (Å²) in [5, 5.41) is 15.0. The van der Waals surface area contributed by atoms with Gasteiger partial charge >= 0.3 is 0 Å². The Bertz CT molecular complexity index is 962. The van der Waals surface area contributed by atoms with Crippen molar-refractivity contribution in [3.8, 4) is 0 Å². The van der Waals surface area contributed by atoms with E-state index in [9.17, 15) is 9.59 Å². The van der Waals surface area contributed by atoms with Gasteiger partial charge in [0, 0.05) is 29.4 Å². The summed E-state index contributed by atoms with van der Waals surface area (Å²) < 4.78 is 0.860. The minimum absolute atomic E-state index is 0.0633. The highest BCUT2D eigenvalue weighted by Gasteiger charge is 2.10. The molecule has 6 nitrogen and oxygen atoms in total. The molecule has 0 fully saturated rings. The number of hydrogen-bond donors (Lipinski definition) is 2. The van der Waals surface area contributed by atoms with Crippen molar-refractivity contribution in [1.29, 1.82) is 0 Å². The van der Waals surface area contributed by atoms with Gasteiger partial charge in [-0.15, -0.1) is 10.2 Å². The van der Waals surface area contributed by atoms with E-state index in [4.69, 9.17) is 0 Å². The Balaban J connectivity index is 1.37. The van der Waals surface area contributed by atoms with E-state index in [1.54, 1.807) is 12.1 Å². The number of anilines is 1. The van der Waals surface area contributed by atoms with E-state index >= 15 is 0 Å². The van der Waals surface area contributed by atoms with E-state index in [2.05, 4.69) is 48.9 Å².